The summed E-state index contributed by atoms with van der Waals surface area (Å²) < 4.78 is 21.3. The highest BCUT2D eigenvalue weighted by molar-refractivity contribution is 6.29. The third kappa shape index (κ3) is 9.09. The number of halogens is 2. The fourth-order valence-corrected chi connectivity index (χ4v) is 4.04. The molecule has 0 aliphatic rings. The summed E-state index contributed by atoms with van der Waals surface area (Å²) in [6, 6.07) is 14.7. The number of carbonyl (C=O) groups excluding carboxylic acids is 4. The van der Waals surface area contributed by atoms with Gasteiger partial charge in [0.05, 0.1) is 49.9 Å². The van der Waals surface area contributed by atoms with Crippen LogP contribution < -0.4 is 20.1 Å². The van der Waals surface area contributed by atoms with Gasteiger partial charge in [-0.15, -0.1) is 20.4 Å². The molecule has 0 saturated heterocycles. The first-order valence-corrected chi connectivity index (χ1v) is 14.3. The molecule has 2 aromatic heterocycles. The molecule has 0 aliphatic carbocycles. The molecule has 238 valence electrons. The van der Waals surface area contributed by atoms with Crippen LogP contribution in [0.4, 0.5) is 11.4 Å². The number of methoxy groups -OCH3 is 2. The summed E-state index contributed by atoms with van der Waals surface area (Å²) in [6.45, 7) is 0.587. The second kappa shape index (κ2) is 16.1. The minimum absolute atomic E-state index is 0.00293. The van der Waals surface area contributed by atoms with Crippen molar-refractivity contribution in [1.82, 2.24) is 20.4 Å². The predicted molar refractivity (Wildman–Crippen MR) is 166 cm³/mol. The van der Waals surface area contributed by atoms with Crippen molar-refractivity contribution in [2.75, 3.05) is 38.1 Å². The molecule has 2 N–H and O–H groups in total. The van der Waals surface area contributed by atoms with E-state index >= 15 is 0 Å². The van der Waals surface area contributed by atoms with Crippen molar-refractivity contribution < 1.29 is 38.1 Å². The first-order chi connectivity index (χ1) is 22.2. The molecule has 0 unspecified atom stereocenters. The third-order valence-electron chi connectivity index (χ3n) is 6.09. The quantitative estimate of drug-likeness (QED) is 0.146. The van der Waals surface area contributed by atoms with Crippen molar-refractivity contribution in [3.63, 3.8) is 0 Å². The molecule has 0 radical (unpaired) electrons. The SMILES string of the molecule is COC(=O)c1ccc(OCCCCOc2ccc(C(=O)OC)c(NC(=O)c3ccc(Cl)nn3)c2)cc1NC(=O)c1ccc(Cl)nn1. The minimum atomic E-state index is -0.651. The van der Waals surface area contributed by atoms with Gasteiger partial charge < -0.3 is 29.6 Å². The first-order valence-electron chi connectivity index (χ1n) is 13.5. The number of unbranched alkanes of at least 4 members (excludes halogenated alkanes) is 1. The van der Waals surface area contributed by atoms with Crippen LogP contribution in [0.5, 0.6) is 11.5 Å². The number of amides is 2. The van der Waals surface area contributed by atoms with Gasteiger partial charge in [-0.05, 0) is 61.4 Å². The Morgan fingerprint density at radius 2 is 1.02 bits per heavy atom. The number of aromatic nitrogens is 4. The maximum absolute atomic E-state index is 12.6. The number of carbonyl (C=O) groups is 4. The lowest BCUT2D eigenvalue weighted by molar-refractivity contribution is 0.0592. The van der Waals surface area contributed by atoms with E-state index in [2.05, 4.69) is 31.0 Å². The normalized spacial score (nSPS) is 10.4. The lowest BCUT2D eigenvalue weighted by Crippen LogP contribution is -2.17. The summed E-state index contributed by atoms with van der Waals surface area (Å²) >= 11 is 11.5. The molecule has 4 rings (SSSR count). The highest BCUT2D eigenvalue weighted by Crippen LogP contribution is 2.26. The van der Waals surface area contributed by atoms with Crippen LogP contribution in [-0.4, -0.2) is 71.6 Å². The van der Waals surface area contributed by atoms with Gasteiger partial charge in [-0.3, -0.25) is 9.59 Å². The number of rotatable bonds is 13. The first kappa shape index (κ1) is 33.6. The fraction of sp³-hybridized carbons (Fsp3) is 0.200. The van der Waals surface area contributed by atoms with Crippen molar-refractivity contribution in [2.45, 2.75) is 12.8 Å². The molecule has 0 atom stereocenters. The van der Waals surface area contributed by atoms with Crippen LogP contribution in [-0.2, 0) is 9.47 Å². The maximum Gasteiger partial charge on any atom is 0.339 e. The standard InChI is InChI=1S/C30H26Cl2N6O8/c1-43-29(41)19-7-5-17(15-23(19)33-27(39)21-9-11-25(31)37-35-21)45-13-3-4-14-46-18-6-8-20(30(42)44-2)24(16-18)34-28(40)22-10-12-26(32)38-36-22/h5-12,15-16H,3-4,13-14H2,1-2H3,(H,33,39)(H,34,40). The Hall–Kier alpha value is -5.34. The number of esters is 2. The number of ether oxygens (including phenoxy) is 4. The number of hydrogen-bond donors (Lipinski definition) is 2. The molecule has 0 aliphatic heterocycles. The van der Waals surface area contributed by atoms with Crippen LogP contribution in [0.1, 0.15) is 54.5 Å². The van der Waals surface area contributed by atoms with E-state index in [-0.39, 0.29) is 44.2 Å². The number of nitrogens with zero attached hydrogens (tertiary/aromatic N) is 4. The van der Waals surface area contributed by atoms with E-state index < -0.39 is 23.8 Å². The Kier molecular flexibility index (Phi) is 11.7. The highest BCUT2D eigenvalue weighted by Gasteiger charge is 2.19. The zero-order valence-electron chi connectivity index (χ0n) is 24.4. The smallest absolute Gasteiger partial charge is 0.339 e. The van der Waals surface area contributed by atoms with E-state index in [0.29, 0.717) is 37.6 Å². The second-order valence-corrected chi connectivity index (χ2v) is 9.97. The molecule has 2 amide bonds. The Balaban J connectivity index is 1.32. The fourth-order valence-electron chi connectivity index (χ4n) is 3.84. The van der Waals surface area contributed by atoms with Crippen LogP contribution in [0.3, 0.4) is 0 Å². The van der Waals surface area contributed by atoms with Gasteiger partial charge in [-0.25, -0.2) is 9.59 Å². The van der Waals surface area contributed by atoms with Crippen LogP contribution in [0.25, 0.3) is 0 Å². The van der Waals surface area contributed by atoms with E-state index in [9.17, 15) is 19.2 Å². The van der Waals surface area contributed by atoms with Gasteiger partial charge in [0.25, 0.3) is 11.8 Å². The summed E-state index contributed by atoms with van der Waals surface area (Å²) in [5.41, 5.74) is 0.558. The largest absolute Gasteiger partial charge is 0.494 e. The van der Waals surface area contributed by atoms with Crippen molar-refractivity contribution >= 4 is 58.3 Å². The molecule has 0 fully saturated rings. The zero-order valence-corrected chi connectivity index (χ0v) is 25.9. The van der Waals surface area contributed by atoms with Crippen LogP contribution in [0.15, 0.2) is 60.7 Å². The molecular weight excluding hydrogens is 643 g/mol. The Labute approximate surface area is 272 Å². The number of benzene rings is 2. The van der Waals surface area contributed by atoms with E-state index in [0.717, 1.165) is 0 Å². The van der Waals surface area contributed by atoms with E-state index in [1.807, 2.05) is 0 Å². The topological polar surface area (TPSA) is 181 Å². The highest BCUT2D eigenvalue weighted by atomic mass is 35.5. The maximum atomic E-state index is 12.6. The minimum Gasteiger partial charge on any atom is -0.494 e. The summed E-state index contributed by atoms with van der Waals surface area (Å²) in [5.74, 6) is -1.72. The van der Waals surface area contributed by atoms with E-state index in [1.54, 1.807) is 12.1 Å². The lowest BCUT2D eigenvalue weighted by atomic mass is 10.1. The molecule has 0 bridgehead atoms. The van der Waals surface area contributed by atoms with Gasteiger partial charge in [0.2, 0.25) is 0 Å². The molecule has 46 heavy (non-hydrogen) atoms. The van der Waals surface area contributed by atoms with Gasteiger partial charge in [0, 0.05) is 12.1 Å². The van der Waals surface area contributed by atoms with Crippen LogP contribution in [0, 0.1) is 0 Å². The molecule has 2 heterocycles. The predicted octanol–water partition coefficient (Wildman–Crippen LogP) is 4.89. The molecule has 14 nitrogen and oxygen atoms in total. The number of hydrogen-bond acceptors (Lipinski definition) is 12. The van der Waals surface area contributed by atoms with Gasteiger partial charge in [0.1, 0.15) is 11.5 Å². The molecule has 2 aromatic carbocycles. The van der Waals surface area contributed by atoms with Crippen molar-refractivity contribution in [3.8, 4) is 11.5 Å². The summed E-state index contributed by atoms with van der Waals surface area (Å²) in [5, 5.41) is 20.3. The van der Waals surface area contributed by atoms with Gasteiger partial charge >= 0.3 is 11.9 Å². The van der Waals surface area contributed by atoms with Crippen LogP contribution >= 0.6 is 23.2 Å². The molecular formula is C30H26Cl2N6O8. The Bertz CT molecular complexity index is 1600. The van der Waals surface area contributed by atoms with Gasteiger partial charge in [-0.2, -0.15) is 0 Å². The molecule has 16 heteroatoms. The summed E-state index contributed by atoms with van der Waals surface area (Å²) in [4.78, 5) is 49.8. The lowest BCUT2D eigenvalue weighted by Gasteiger charge is -2.13. The molecule has 4 aromatic rings. The Morgan fingerprint density at radius 1 is 0.609 bits per heavy atom. The average molecular weight is 669 g/mol. The monoisotopic (exact) mass is 668 g/mol. The Morgan fingerprint density at radius 3 is 1.37 bits per heavy atom. The zero-order chi connectivity index (χ0) is 33.1. The van der Waals surface area contributed by atoms with Crippen molar-refractivity contribution in [3.05, 3.63) is 93.5 Å². The van der Waals surface area contributed by atoms with Crippen molar-refractivity contribution in [1.29, 1.82) is 0 Å². The molecule has 0 spiro atoms. The van der Waals surface area contributed by atoms with E-state index in [1.165, 1.54) is 62.8 Å². The van der Waals surface area contributed by atoms with Crippen molar-refractivity contribution in [2.24, 2.45) is 0 Å². The number of nitrogens with one attached hydrogen (secondary N) is 2. The molecule has 0 saturated carbocycles. The van der Waals surface area contributed by atoms with Gasteiger partial charge in [-0.1, -0.05) is 23.2 Å². The third-order valence-corrected chi connectivity index (χ3v) is 6.50. The average Bonchev–Trinajstić information content (AvgIpc) is 3.06. The second-order valence-electron chi connectivity index (χ2n) is 9.19. The summed E-state index contributed by atoms with van der Waals surface area (Å²) in [7, 11) is 2.46. The van der Waals surface area contributed by atoms with Gasteiger partial charge in [0.15, 0.2) is 21.7 Å². The summed E-state index contributed by atoms with van der Waals surface area (Å²) in [6.07, 6.45) is 1.17. The van der Waals surface area contributed by atoms with Crippen LogP contribution in [0.2, 0.25) is 10.3 Å². The number of anilines is 2. The van der Waals surface area contributed by atoms with E-state index in [4.69, 9.17) is 42.1 Å².